The predicted octanol–water partition coefficient (Wildman–Crippen LogP) is 2.38. The Kier molecular flexibility index (Phi) is 10.7. The summed E-state index contributed by atoms with van der Waals surface area (Å²) in [7, 11) is -8.34. The van der Waals surface area contributed by atoms with E-state index in [0.29, 0.717) is 41.6 Å². The van der Waals surface area contributed by atoms with Crippen molar-refractivity contribution in [2.75, 3.05) is 36.5 Å². The minimum absolute atomic E-state index is 0.103. The maximum Gasteiger partial charge on any atom is 0.264 e. The quantitative estimate of drug-likeness (QED) is 0.141. The molecule has 13 nitrogen and oxygen atoms in total. The summed E-state index contributed by atoms with van der Waals surface area (Å²) < 4.78 is 69.6. The number of hydrogen-bond donors (Lipinski definition) is 5. The van der Waals surface area contributed by atoms with Crippen molar-refractivity contribution in [3.8, 4) is 5.75 Å². The fraction of sp³-hybridized carbons (Fsp3) is 0.429. The van der Waals surface area contributed by atoms with Crippen molar-refractivity contribution in [1.82, 2.24) is 4.90 Å². The summed E-state index contributed by atoms with van der Waals surface area (Å²) in [5.41, 5.74) is 13.3. The molecule has 0 spiro atoms. The molecule has 0 radical (unpaired) electrons. The number of unbranched alkanes of at least 4 members (excludes halogenated alkanes) is 1. The van der Waals surface area contributed by atoms with Crippen LogP contribution in [0.25, 0.3) is 10.8 Å². The Hall–Kier alpha value is -3.18. The fourth-order valence-electron chi connectivity index (χ4n) is 5.02. The smallest absolute Gasteiger partial charge is 0.264 e. The first-order valence-electron chi connectivity index (χ1n) is 14.0. The summed E-state index contributed by atoms with van der Waals surface area (Å²) in [6.45, 7) is 0.974. The van der Waals surface area contributed by atoms with E-state index >= 15 is 0 Å². The van der Waals surface area contributed by atoms with Gasteiger partial charge in [0.2, 0.25) is 5.91 Å². The number of aliphatic imine (C=N–C) groups is 1. The lowest BCUT2D eigenvalue weighted by molar-refractivity contribution is -0.117. The van der Waals surface area contributed by atoms with Crippen LogP contribution < -0.4 is 21.5 Å². The van der Waals surface area contributed by atoms with Crippen molar-refractivity contribution in [3.05, 3.63) is 54.3 Å². The summed E-state index contributed by atoms with van der Waals surface area (Å²) in [4.78, 5) is 19.5. The average molecular weight is 636 g/mol. The minimum atomic E-state index is -4.17. The van der Waals surface area contributed by atoms with Gasteiger partial charge in [-0.2, -0.15) is 16.8 Å². The molecule has 1 aliphatic heterocycles. The van der Waals surface area contributed by atoms with Crippen LogP contribution in [0.3, 0.4) is 0 Å². The van der Waals surface area contributed by atoms with Crippen molar-refractivity contribution in [2.24, 2.45) is 16.5 Å². The molecule has 1 amide bonds. The van der Waals surface area contributed by atoms with Gasteiger partial charge >= 0.3 is 0 Å². The maximum atomic E-state index is 12.9. The van der Waals surface area contributed by atoms with Crippen LogP contribution in [0.2, 0.25) is 0 Å². The molecule has 4 rings (SSSR count). The Morgan fingerprint density at radius 1 is 1.02 bits per heavy atom. The second-order valence-corrected chi connectivity index (χ2v) is 13.6. The number of benzene rings is 2. The van der Waals surface area contributed by atoms with Gasteiger partial charge in [-0.1, -0.05) is 36.8 Å². The highest BCUT2D eigenvalue weighted by Crippen LogP contribution is 2.44. The molecule has 2 aromatic rings. The molecule has 1 aliphatic carbocycles. The highest BCUT2D eigenvalue weighted by atomic mass is 32.2. The molecule has 234 valence electrons. The van der Waals surface area contributed by atoms with Gasteiger partial charge < -0.3 is 21.5 Å². The SMILES string of the molecule is NCCCC[C@H](N)C(=O)Nc1cc2c(c3ccccc13)N=C1C=CC(N(CCCS(=O)(=O)O)CCCS(=O)(=O)O)C=C1O2. The van der Waals surface area contributed by atoms with Gasteiger partial charge in [-0.15, -0.1) is 0 Å². The largest absolute Gasteiger partial charge is 0.453 e. The number of allylic oxidation sites excluding steroid dienone is 1. The first-order valence-corrected chi connectivity index (χ1v) is 17.2. The number of amides is 1. The zero-order chi connectivity index (χ0) is 31.2. The van der Waals surface area contributed by atoms with Crippen LogP contribution in [0.5, 0.6) is 5.75 Å². The number of nitrogens with one attached hydrogen (secondary N) is 1. The van der Waals surface area contributed by atoms with Gasteiger partial charge in [0, 0.05) is 29.9 Å². The van der Waals surface area contributed by atoms with Gasteiger partial charge in [0.05, 0.1) is 29.3 Å². The molecule has 0 saturated heterocycles. The van der Waals surface area contributed by atoms with E-state index < -0.39 is 43.8 Å². The van der Waals surface area contributed by atoms with E-state index in [1.54, 1.807) is 18.2 Å². The first kappa shape index (κ1) is 32.7. The zero-order valence-electron chi connectivity index (χ0n) is 23.6. The maximum absolute atomic E-state index is 12.9. The standard InChI is InChI=1S/C28H37N5O8S2/c29-12-4-3-9-22(30)28(34)32-24-18-26-27(21-8-2-1-7-20(21)24)31-23-11-10-19(17-25(23)41-26)33(13-5-15-42(35,36)37)14-6-16-43(38,39)40/h1-2,7-8,10-11,17-19,22H,3-6,9,12-16,29-30H2,(H,32,34)(H,35,36,37)(H,38,39,40)/t19?,22-/m0/s1. The van der Waals surface area contributed by atoms with Crippen LogP contribution in [0.4, 0.5) is 11.4 Å². The molecule has 2 atom stereocenters. The normalized spacial score (nSPS) is 17.1. The van der Waals surface area contributed by atoms with Gasteiger partial charge in [-0.05, 0) is 44.4 Å². The molecule has 0 bridgehead atoms. The van der Waals surface area contributed by atoms with Gasteiger partial charge in [0.15, 0.2) is 11.5 Å². The average Bonchev–Trinajstić information content (AvgIpc) is 2.94. The highest BCUT2D eigenvalue weighted by molar-refractivity contribution is 7.86. The first-order chi connectivity index (χ1) is 20.3. The van der Waals surface area contributed by atoms with Crippen LogP contribution in [0.1, 0.15) is 32.1 Å². The number of nitrogens with zero attached hydrogens (tertiary/aromatic N) is 2. The minimum Gasteiger partial charge on any atom is -0.453 e. The van der Waals surface area contributed by atoms with E-state index in [0.717, 1.165) is 23.6 Å². The lowest BCUT2D eigenvalue weighted by Gasteiger charge is -2.31. The fourth-order valence-corrected chi connectivity index (χ4v) is 6.01. The van der Waals surface area contributed by atoms with Gasteiger partial charge in [-0.25, -0.2) is 4.99 Å². The summed E-state index contributed by atoms with van der Waals surface area (Å²) in [6, 6.07) is 8.07. The van der Waals surface area contributed by atoms with Gasteiger partial charge in [0.1, 0.15) is 11.4 Å². The van der Waals surface area contributed by atoms with E-state index in [4.69, 9.17) is 30.3 Å². The molecule has 0 fully saturated rings. The summed E-state index contributed by atoms with van der Waals surface area (Å²) in [5, 5.41) is 4.47. The number of carbonyl (C=O) groups excluding carboxylic acids is 1. The molecule has 1 heterocycles. The van der Waals surface area contributed by atoms with Crippen molar-refractivity contribution < 1.29 is 35.5 Å². The number of hydrogen-bond acceptors (Lipinski definition) is 10. The van der Waals surface area contributed by atoms with Crippen molar-refractivity contribution in [1.29, 1.82) is 0 Å². The van der Waals surface area contributed by atoms with Crippen LogP contribution >= 0.6 is 0 Å². The van der Waals surface area contributed by atoms with Gasteiger partial charge in [0.25, 0.3) is 20.2 Å². The Morgan fingerprint density at radius 2 is 1.67 bits per heavy atom. The van der Waals surface area contributed by atoms with Crippen LogP contribution in [-0.4, -0.2) is 85.7 Å². The number of rotatable bonds is 15. The summed E-state index contributed by atoms with van der Waals surface area (Å²) in [6.07, 6.45) is 7.61. The number of nitrogens with two attached hydrogens (primary N) is 2. The molecule has 2 aliphatic rings. The molecular formula is C28H37N5O8S2. The van der Waals surface area contributed by atoms with Crippen molar-refractivity contribution >= 4 is 54.0 Å². The van der Waals surface area contributed by atoms with Crippen LogP contribution in [0.15, 0.2) is 59.3 Å². The Morgan fingerprint density at radius 3 is 2.30 bits per heavy atom. The van der Waals surface area contributed by atoms with Crippen molar-refractivity contribution in [2.45, 2.75) is 44.2 Å². The zero-order valence-corrected chi connectivity index (χ0v) is 25.2. The molecule has 7 N–H and O–H groups in total. The third-order valence-electron chi connectivity index (χ3n) is 7.14. The van der Waals surface area contributed by atoms with Crippen LogP contribution in [-0.2, 0) is 25.0 Å². The second-order valence-electron chi connectivity index (χ2n) is 10.5. The van der Waals surface area contributed by atoms with E-state index in [1.165, 1.54) is 0 Å². The number of ether oxygens (including phenoxy) is 1. The topological polar surface area (TPSA) is 215 Å². The summed E-state index contributed by atoms with van der Waals surface area (Å²) in [5.74, 6) is -0.389. The summed E-state index contributed by atoms with van der Waals surface area (Å²) >= 11 is 0. The number of fused-ring (bicyclic) bond motifs is 4. The van der Waals surface area contributed by atoms with Gasteiger partial charge in [-0.3, -0.25) is 18.8 Å². The van der Waals surface area contributed by atoms with E-state index in [9.17, 15) is 21.6 Å². The number of anilines is 1. The third kappa shape index (κ3) is 9.15. The van der Waals surface area contributed by atoms with Crippen molar-refractivity contribution in [3.63, 3.8) is 0 Å². The Bertz CT molecular complexity index is 1620. The molecular weight excluding hydrogens is 598 g/mol. The molecule has 0 aromatic heterocycles. The van der Waals surface area contributed by atoms with E-state index in [-0.39, 0.29) is 31.8 Å². The lowest BCUT2D eigenvalue weighted by atomic mass is 10.0. The third-order valence-corrected chi connectivity index (χ3v) is 8.75. The lowest BCUT2D eigenvalue weighted by Crippen LogP contribution is -2.38. The second kappa shape index (κ2) is 14.1. The molecule has 43 heavy (non-hydrogen) atoms. The van der Waals surface area contributed by atoms with Crippen LogP contribution in [0, 0.1) is 0 Å². The number of carbonyl (C=O) groups is 1. The molecule has 1 unspecified atom stereocenters. The molecule has 15 heteroatoms. The van der Waals surface area contributed by atoms with E-state index in [1.807, 2.05) is 35.2 Å². The van der Waals surface area contributed by atoms with E-state index in [2.05, 4.69) is 5.32 Å². The highest BCUT2D eigenvalue weighted by Gasteiger charge is 2.27. The molecule has 0 saturated carbocycles. The molecule has 2 aromatic carbocycles. The monoisotopic (exact) mass is 635 g/mol. The Balaban J connectivity index is 1.59. The predicted molar refractivity (Wildman–Crippen MR) is 166 cm³/mol. The Labute approximate surface area is 251 Å².